The van der Waals surface area contributed by atoms with Crippen LogP contribution in [-0.2, 0) is 4.79 Å². The fraction of sp³-hybridized carbons (Fsp3) is 0.154. The number of thiazole rings is 1. The molecule has 9 heteroatoms. The van der Waals surface area contributed by atoms with Gasteiger partial charge in [-0.2, -0.15) is 0 Å². The molecule has 0 bridgehead atoms. The highest BCUT2D eigenvalue weighted by atomic mass is 32.1. The van der Waals surface area contributed by atoms with E-state index in [-0.39, 0.29) is 22.5 Å². The van der Waals surface area contributed by atoms with Gasteiger partial charge in [-0.15, -0.1) is 0 Å². The summed E-state index contributed by atoms with van der Waals surface area (Å²) in [6, 6.07) is 5.95. The SMILES string of the molecule is CCC(=O)Oc1ccc(C(=O)Nc2ncc([N+](=O)[O-])s2)cc1. The number of carbonyl (C=O) groups excluding carboxylic acids is 2. The number of ether oxygens (including phenoxy) is 1. The van der Waals surface area contributed by atoms with Crippen LogP contribution in [0.25, 0.3) is 0 Å². The van der Waals surface area contributed by atoms with E-state index in [4.69, 9.17) is 4.74 Å². The number of amides is 1. The molecule has 0 saturated carbocycles. The quantitative estimate of drug-likeness (QED) is 0.392. The lowest BCUT2D eigenvalue weighted by Gasteiger charge is -2.04. The van der Waals surface area contributed by atoms with Crippen molar-refractivity contribution in [2.75, 3.05) is 5.32 Å². The number of esters is 1. The van der Waals surface area contributed by atoms with Crippen LogP contribution in [0.1, 0.15) is 23.7 Å². The van der Waals surface area contributed by atoms with E-state index in [0.717, 1.165) is 17.5 Å². The third kappa shape index (κ3) is 3.85. The summed E-state index contributed by atoms with van der Waals surface area (Å²) in [6.45, 7) is 1.68. The predicted molar refractivity (Wildman–Crippen MR) is 79.1 cm³/mol. The normalized spacial score (nSPS) is 10.0. The molecule has 2 rings (SSSR count). The highest BCUT2D eigenvalue weighted by Gasteiger charge is 2.14. The molecule has 1 amide bonds. The van der Waals surface area contributed by atoms with E-state index < -0.39 is 10.8 Å². The first-order valence-corrected chi connectivity index (χ1v) is 7.03. The molecule has 0 spiro atoms. The van der Waals surface area contributed by atoms with Crippen LogP contribution in [0, 0.1) is 10.1 Å². The summed E-state index contributed by atoms with van der Waals surface area (Å²) in [6.07, 6.45) is 1.33. The lowest BCUT2D eigenvalue weighted by molar-refractivity contribution is -0.380. The zero-order chi connectivity index (χ0) is 16.1. The second kappa shape index (κ2) is 6.76. The lowest BCUT2D eigenvalue weighted by Crippen LogP contribution is -2.11. The van der Waals surface area contributed by atoms with Gasteiger partial charge in [0.2, 0.25) is 0 Å². The van der Waals surface area contributed by atoms with Crippen LogP contribution in [0.15, 0.2) is 30.5 Å². The van der Waals surface area contributed by atoms with E-state index in [0.29, 0.717) is 11.3 Å². The molecule has 0 radical (unpaired) electrons. The number of rotatable bonds is 5. The van der Waals surface area contributed by atoms with Crippen molar-refractivity contribution < 1.29 is 19.2 Å². The third-order valence-electron chi connectivity index (χ3n) is 2.53. The number of hydrogen-bond acceptors (Lipinski definition) is 7. The number of benzene rings is 1. The zero-order valence-electron chi connectivity index (χ0n) is 11.4. The van der Waals surface area contributed by atoms with Crippen LogP contribution in [0.4, 0.5) is 10.1 Å². The topological polar surface area (TPSA) is 111 Å². The minimum Gasteiger partial charge on any atom is -0.427 e. The van der Waals surface area contributed by atoms with Gasteiger partial charge >= 0.3 is 11.0 Å². The van der Waals surface area contributed by atoms with Crippen molar-refractivity contribution in [3.63, 3.8) is 0 Å². The number of carbonyl (C=O) groups is 2. The number of aromatic nitrogens is 1. The van der Waals surface area contributed by atoms with Gasteiger partial charge in [0.25, 0.3) is 5.91 Å². The zero-order valence-corrected chi connectivity index (χ0v) is 12.3. The second-order valence-electron chi connectivity index (χ2n) is 4.07. The first kappa shape index (κ1) is 15.6. The van der Waals surface area contributed by atoms with Gasteiger partial charge in [0.05, 0.1) is 4.92 Å². The van der Waals surface area contributed by atoms with Gasteiger partial charge in [0, 0.05) is 12.0 Å². The number of nitrogens with one attached hydrogen (secondary N) is 1. The third-order valence-corrected chi connectivity index (χ3v) is 3.40. The van der Waals surface area contributed by atoms with Crippen molar-refractivity contribution >= 4 is 33.3 Å². The number of nitrogens with zero attached hydrogens (tertiary/aromatic N) is 2. The maximum absolute atomic E-state index is 12.0. The smallest absolute Gasteiger partial charge is 0.345 e. The van der Waals surface area contributed by atoms with Crippen LogP contribution in [0.2, 0.25) is 0 Å². The Labute approximate surface area is 128 Å². The largest absolute Gasteiger partial charge is 0.427 e. The molecule has 0 atom stereocenters. The molecule has 0 aliphatic heterocycles. The summed E-state index contributed by atoms with van der Waals surface area (Å²) < 4.78 is 4.99. The summed E-state index contributed by atoms with van der Waals surface area (Å²) in [7, 11) is 0. The molecule has 0 aliphatic carbocycles. The fourth-order valence-corrected chi connectivity index (χ4v) is 2.08. The standard InChI is InChI=1S/C13H11N3O5S/c1-2-11(17)21-9-5-3-8(4-6-9)12(18)15-13-14-7-10(22-13)16(19)20/h3-7H,2H2,1H3,(H,14,15,18). The summed E-state index contributed by atoms with van der Waals surface area (Å²) in [5.74, 6) is -0.488. The van der Waals surface area contributed by atoms with Crippen molar-refractivity contribution in [2.24, 2.45) is 0 Å². The van der Waals surface area contributed by atoms with Gasteiger partial charge in [0.15, 0.2) is 5.13 Å². The van der Waals surface area contributed by atoms with Gasteiger partial charge in [-0.1, -0.05) is 6.92 Å². The summed E-state index contributed by atoms with van der Waals surface area (Å²) >= 11 is 0.767. The van der Waals surface area contributed by atoms with Crippen LogP contribution >= 0.6 is 11.3 Å². The maximum Gasteiger partial charge on any atom is 0.345 e. The summed E-state index contributed by atoms with van der Waals surface area (Å²) in [5.41, 5.74) is 0.314. The molecule has 0 aliphatic rings. The predicted octanol–water partition coefficient (Wildman–Crippen LogP) is 2.62. The Morgan fingerprint density at radius 2 is 2.05 bits per heavy atom. The Morgan fingerprint density at radius 3 is 2.59 bits per heavy atom. The average Bonchev–Trinajstić information content (AvgIpc) is 2.96. The minimum absolute atomic E-state index is 0.137. The minimum atomic E-state index is -0.579. The maximum atomic E-state index is 12.0. The molecule has 8 nitrogen and oxygen atoms in total. The van der Waals surface area contributed by atoms with Crippen molar-refractivity contribution in [3.05, 3.63) is 46.1 Å². The summed E-state index contributed by atoms with van der Waals surface area (Å²) in [5, 5.41) is 13.0. The van der Waals surface area contributed by atoms with Gasteiger partial charge in [-0.3, -0.25) is 25.0 Å². The number of hydrogen-bond donors (Lipinski definition) is 1. The molecule has 0 saturated heterocycles. The van der Waals surface area contributed by atoms with Crippen LogP contribution in [0.3, 0.4) is 0 Å². The molecule has 1 aromatic heterocycles. The van der Waals surface area contributed by atoms with E-state index in [1.165, 1.54) is 24.3 Å². The Bertz CT molecular complexity index is 711. The molecular weight excluding hydrogens is 310 g/mol. The Hall–Kier alpha value is -2.81. The van der Waals surface area contributed by atoms with Gasteiger partial charge in [-0.25, -0.2) is 4.98 Å². The molecule has 1 aromatic carbocycles. The van der Waals surface area contributed by atoms with Crippen LogP contribution in [0.5, 0.6) is 5.75 Å². The summed E-state index contributed by atoms with van der Waals surface area (Å²) in [4.78, 5) is 36.8. The van der Waals surface area contributed by atoms with Crippen molar-refractivity contribution in [3.8, 4) is 5.75 Å². The Morgan fingerprint density at radius 1 is 1.36 bits per heavy atom. The second-order valence-corrected chi connectivity index (χ2v) is 5.08. The molecule has 2 aromatic rings. The molecule has 114 valence electrons. The molecular formula is C13H11N3O5S. The molecule has 0 unspecified atom stereocenters. The van der Waals surface area contributed by atoms with Gasteiger partial charge < -0.3 is 4.74 Å². The Kier molecular flexibility index (Phi) is 4.79. The van der Waals surface area contributed by atoms with Crippen LogP contribution < -0.4 is 10.1 Å². The van der Waals surface area contributed by atoms with E-state index in [1.54, 1.807) is 6.92 Å². The number of nitro groups is 1. The lowest BCUT2D eigenvalue weighted by atomic mass is 10.2. The van der Waals surface area contributed by atoms with E-state index in [1.807, 2.05) is 0 Å². The van der Waals surface area contributed by atoms with Crippen LogP contribution in [-0.4, -0.2) is 21.8 Å². The fourth-order valence-electron chi connectivity index (χ4n) is 1.46. The first-order valence-electron chi connectivity index (χ1n) is 6.22. The number of anilines is 1. The van der Waals surface area contributed by atoms with Crippen molar-refractivity contribution in [1.29, 1.82) is 0 Å². The first-order chi connectivity index (χ1) is 10.5. The molecule has 1 N–H and O–H groups in total. The highest BCUT2D eigenvalue weighted by Crippen LogP contribution is 2.25. The van der Waals surface area contributed by atoms with E-state index >= 15 is 0 Å². The Balaban J connectivity index is 2.02. The van der Waals surface area contributed by atoms with Crippen molar-refractivity contribution in [1.82, 2.24) is 4.98 Å². The van der Waals surface area contributed by atoms with E-state index in [9.17, 15) is 19.7 Å². The van der Waals surface area contributed by atoms with Crippen molar-refractivity contribution in [2.45, 2.75) is 13.3 Å². The highest BCUT2D eigenvalue weighted by molar-refractivity contribution is 7.18. The van der Waals surface area contributed by atoms with Gasteiger partial charge in [-0.05, 0) is 35.6 Å². The monoisotopic (exact) mass is 321 g/mol. The average molecular weight is 321 g/mol. The van der Waals surface area contributed by atoms with Gasteiger partial charge in [0.1, 0.15) is 11.9 Å². The molecule has 0 fully saturated rings. The molecule has 22 heavy (non-hydrogen) atoms. The van der Waals surface area contributed by atoms with E-state index in [2.05, 4.69) is 10.3 Å². The molecule has 1 heterocycles.